The predicted molar refractivity (Wildman–Crippen MR) is 101 cm³/mol. The van der Waals surface area contributed by atoms with Crippen LogP contribution in [0.15, 0.2) is 34.1 Å². The first-order chi connectivity index (χ1) is 12.0. The fraction of sp³-hybridized carbons (Fsp3) is 0.235. The van der Waals surface area contributed by atoms with Gasteiger partial charge in [0.25, 0.3) is 0 Å². The van der Waals surface area contributed by atoms with Crippen LogP contribution in [0.1, 0.15) is 18.2 Å². The van der Waals surface area contributed by atoms with Crippen LogP contribution < -0.4 is 10.1 Å². The number of thiazole rings is 1. The van der Waals surface area contributed by atoms with Crippen LogP contribution in [0.2, 0.25) is 0 Å². The summed E-state index contributed by atoms with van der Waals surface area (Å²) >= 11 is 4.65. The first kappa shape index (κ1) is 19.1. The van der Waals surface area contributed by atoms with Crippen molar-refractivity contribution >= 4 is 50.4 Å². The molecule has 0 saturated carbocycles. The molecule has 8 heteroatoms. The second kappa shape index (κ2) is 9.33. The lowest BCUT2D eigenvalue weighted by Crippen LogP contribution is -2.09. The molecule has 6 nitrogen and oxygen atoms in total. The number of esters is 1. The minimum Gasteiger partial charge on any atom is -0.496 e. The second-order valence-corrected chi connectivity index (χ2v) is 6.55. The highest BCUT2D eigenvalue weighted by Crippen LogP contribution is 2.26. The smallest absolute Gasteiger partial charge is 0.311 e. The Labute approximate surface area is 158 Å². The lowest BCUT2D eigenvalue weighted by Gasteiger charge is -2.03. The van der Waals surface area contributed by atoms with E-state index < -0.39 is 0 Å². The van der Waals surface area contributed by atoms with Gasteiger partial charge in [0.15, 0.2) is 5.13 Å². The van der Waals surface area contributed by atoms with Crippen molar-refractivity contribution < 1.29 is 19.1 Å². The van der Waals surface area contributed by atoms with Gasteiger partial charge in [-0.05, 0) is 46.6 Å². The van der Waals surface area contributed by atoms with Crippen molar-refractivity contribution in [3.8, 4) is 5.75 Å². The summed E-state index contributed by atoms with van der Waals surface area (Å²) in [4.78, 5) is 27.6. The van der Waals surface area contributed by atoms with E-state index in [0.717, 1.165) is 15.8 Å². The zero-order valence-electron chi connectivity index (χ0n) is 13.7. The molecular formula is C17H17BrN2O4S. The lowest BCUT2D eigenvalue weighted by atomic mass is 10.2. The Morgan fingerprint density at radius 3 is 2.88 bits per heavy atom. The molecular weight excluding hydrogens is 408 g/mol. The Hall–Kier alpha value is -2.19. The van der Waals surface area contributed by atoms with Gasteiger partial charge in [-0.15, -0.1) is 11.3 Å². The van der Waals surface area contributed by atoms with Crippen molar-refractivity contribution in [2.24, 2.45) is 0 Å². The Morgan fingerprint density at radius 1 is 1.40 bits per heavy atom. The van der Waals surface area contributed by atoms with E-state index in [1.54, 1.807) is 25.5 Å². The van der Waals surface area contributed by atoms with E-state index in [0.29, 0.717) is 17.4 Å². The molecule has 0 radical (unpaired) electrons. The predicted octanol–water partition coefficient (Wildman–Crippen LogP) is 3.67. The summed E-state index contributed by atoms with van der Waals surface area (Å²) in [6, 6.07) is 5.50. The van der Waals surface area contributed by atoms with Crippen molar-refractivity contribution in [3.05, 3.63) is 45.4 Å². The average Bonchev–Trinajstić information content (AvgIpc) is 3.00. The lowest BCUT2D eigenvalue weighted by molar-refractivity contribution is -0.142. The molecule has 0 aliphatic carbocycles. The number of amides is 1. The number of ether oxygens (including phenoxy) is 2. The molecule has 1 amide bonds. The summed E-state index contributed by atoms with van der Waals surface area (Å²) in [5.41, 5.74) is 1.42. The number of hydrogen-bond acceptors (Lipinski definition) is 6. The number of rotatable bonds is 7. The van der Waals surface area contributed by atoms with E-state index in [2.05, 4.69) is 26.2 Å². The van der Waals surface area contributed by atoms with E-state index in [9.17, 15) is 9.59 Å². The van der Waals surface area contributed by atoms with Crippen molar-refractivity contribution in [1.82, 2.24) is 4.98 Å². The standard InChI is InChI=1S/C17H17BrN2O4S/c1-3-24-16(22)9-12-10-25-17(19-12)20-15(21)7-5-11-4-6-14(23-2)13(18)8-11/h4-8,10H,3,9H2,1-2H3,(H,19,20,21). The molecule has 0 saturated heterocycles. The molecule has 0 atom stereocenters. The van der Waals surface area contributed by atoms with Gasteiger partial charge in [0.05, 0.1) is 30.3 Å². The molecule has 25 heavy (non-hydrogen) atoms. The number of methoxy groups -OCH3 is 1. The van der Waals surface area contributed by atoms with Crippen LogP contribution in [0.5, 0.6) is 5.75 Å². The molecule has 1 aromatic carbocycles. The van der Waals surface area contributed by atoms with E-state index in [4.69, 9.17) is 9.47 Å². The SMILES string of the molecule is CCOC(=O)Cc1csc(NC(=O)C=Cc2ccc(OC)c(Br)c2)n1. The van der Waals surface area contributed by atoms with Crippen LogP contribution in [0, 0.1) is 0 Å². The number of aromatic nitrogens is 1. The van der Waals surface area contributed by atoms with Crippen LogP contribution in [0.4, 0.5) is 5.13 Å². The Kier molecular flexibility index (Phi) is 7.15. The number of benzene rings is 1. The first-order valence-corrected chi connectivity index (χ1v) is 9.11. The van der Waals surface area contributed by atoms with E-state index in [1.165, 1.54) is 17.4 Å². The van der Waals surface area contributed by atoms with Gasteiger partial charge in [0.1, 0.15) is 5.75 Å². The maximum atomic E-state index is 12.0. The van der Waals surface area contributed by atoms with Crippen molar-refractivity contribution in [2.45, 2.75) is 13.3 Å². The topological polar surface area (TPSA) is 77.5 Å². The number of nitrogens with one attached hydrogen (secondary N) is 1. The monoisotopic (exact) mass is 424 g/mol. The Bertz CT molecular complexity index is 789. The fourth-order valence-corrected chi connectivity index (χ4v) is 3.18. The van der Waals surface area contributed by atoms with E-state index in [1.807, 2.05) is 18.2 Å². The Morgan fingerprint density at radius 2 is 2.20 bits per heavy atom. The average molecular weight is 425 g/mol. The molecule has 2 aromatic rings. The van der Waals surface area contributed by atoms with Gasteiger partial charge >= 0.3 is 5.97 Å². The summed E-state index contributed by atoms with van der Waals surface area (Å²) < 4.78 is 10.8. The molecule has 1 aromatic heterocycles. The third-order valence-corrected chi connectivity index (χ3v) is 4.44. The number of carbonyl (C=O) groups excluding carboxylic acids is 2. The van der Waals surface area contributed by atoms with Crippen LogP contribution in [0.25, 0.3) is 6.08 Å². The van der Waals surface area contributed by atoms with Crippen LogP contribution in [-0.4, -0.2) is 30.6 Å². The van der Waals surface area contributed by atoms with Gasteiger partial charge in [0, 0.05) is 11.5 Å². The number of carbonyl (C=O) groups is 2. The molecule has 0 unspecified atom stereocenters. The van der Waals surface area contributed by atoms with Gasteiger partial charge in [0.2, 0.25) is 5.91 Å². The molecule has 0 fully saturated rings. The highest BCUT2D eigenvalue weighted by Gasteiger charge is 2.09. The Balaban J connectivity index is 1.93. The maximum Gasteiger partial charge on any atom is 0.311 e. The molecule has 0 spiro atoms. The number of halogens is 1. The number of nitrogens with zero attached hydrogens (tertiary/aromatic N) is 1. The minimum absolute atomic E-state index is 0.0932. The van der Waals surface area contributed by atoms with Gasteiger partial charge in [-0.2, -0.15) is 0 Å². The molecule has 0 aliphatic heterocycles. The third kappa shape index (κ3) is 5.99. The summed E-state index contributed by atoms with van der Waals surface area (Å²) in [5.74, 6) is 0.0816. The minimum atomic E-state index is -0.337. The highest BCUT2D eigenvalue weighted by atomic mass is 79.9. The van der Waals surface area contributed by atoms with Crippen LogP contribution >= 0.6 is 27.3 Å². The summed E-state index contributed by atoms with van der Waals surface area (Å²) in [5, 5.41) is 4.82. The zero-order chi connectivity index (χ0) is 18.2. The van der Waals surface area contributed by atoms with E-state index >= 15 is 0 Å². The summed E-state index contributed by atoms with van der Waals surface area (Å²) in [6.07, 6.45) is 3.20. The quantitative estimate of drug-likeness (QED) is 0.541. The second-order valence-electron chi connectivity index (χ2n) is 4.84. The number of anilines is 1. The van der Waals surface area contributed by atoms with E-state index in [-0.39, 0.29) is 18.3 Å². The zero-order valence-corrected chi connectivity index (χ0v) is 16.1. The van der Waals surface area contributed by atoms with Crippen molar-refractivity contribution in [1.29, 1.82) is 0 Å². The highest BCUT2D eigenvalue weighted by molar-refractivity contribution is 9.10. The largest absolute Gasteiger partial charge is 0.496 e. The van der Waals surface area contributed by atoms with Crippen LogP contribution in [0.3, 0.4) is 0 Å². The molecule has 1 N–H and O–H groups in total. The third-order valence-electron chi connectivity index (χ3n) is 3.02. The molecule has 1 heterocycles. The summed E-state index contributed by atoms with van der Waals surface area (Å²) in [7, 11) is 1.59. The molecule has 0 bridgehead atoms. The normalized spacial score (nSPS) is 10.7. The summed E-state index contributed by atoms with van der Waals surface area (Å²) in [6.45, 7) is 2.08. The first-order valence-electron chi connectivity index (χ1n) is 7.44. The number of hydrogen-bond donors (Lipinski definition) is 1. The van der Waals surface area contributed by atoms with Gasteiger partial charge in [-0.3, -0.25) is 14.9 Å². The van der Waals surface area contributed by atoms with Crippen molar-refractivity contribution in [2.75, 3.05) is 19.0 Å². The fourth-order valence-electron chi connectivity index (χ4n) is 1.91. The van der Waals surface area contributed by atoms with Crippen LogP contribution in [-0.2, 0) is 20.7 Å². The molecule has 2 rings (SSSR count). The van der Waals surface area contributed by atoms with Gasteiger partial charge in [-0.1, -0.05) is 6.07 Å². The molecule has 0 aliphatic rings. The van der Waals surface area contributed by atoms with Crippen molar-refractivity contribution in [3.63, 3.8) is 0 Å². The molecule has 132 valence electrons. The van der Waals surface area contributed by atoms with Gasteiger partial charge < -0.3 is 9.47 Å². The van der Waals surface area contributed by atoms with Gasteiger partial charge in [-0.25, -0.2) is 4.98 Å². The maximum absolute atomic E-state index is 12.0.